The number of benzene rings is 1. The highest BCUT2D eigenvalue weighted by atomic mass is 35.5. The third kappa shape index (κ3) is 4.54. The maximum atomic E-state index is 9.48. The zero-order valence-corrected chi connectivity index (χ0v) is 11.1. The van der Waals surface area contributed by atoms with Crippen molar-refractivity contribution in [2.24, 2.45) is 0 Å². The summed E-state index contributed by atoms with van der Waals surface area (Å²) in [6, 6.07) is 5.57. The van der Waals surface area contributed by atoms with Gasteiger partial charge in [-0.25, -0.2) is 0 Å². The van der Waals surface area contributed by atoms with Crippen LogP contribution >= 0.6 is 11.6 Å². The normalized spacial score (nSPS) is 12.5. The predicted octanol–water partition coefficient (Wildman–Crippen LogP) is 2.60. The van der Waals surface area contributed by atoms with Crippen molar-refractivity contribution in [1.29, 1.82) is 0 Å². The molecule has 1 atom stereocenters. The van der Waals surface area contributed by atoms with Crippen molar-refractivity contribution in [3.63, 3.8) is 0 Å². The Morgan fingerprint density at radius 1 is 1.41 bits per heavy atom. The Bertz CT molecular complexity index is 344. The summed E-state index contributed by atoms with van der Waals surface area (Å²) in [5.41, 5.74) is 0.944. The van der Waals surface area contributed by atoms with Gasteiger partial charge in [0.1, 0.15) is 12.4 Å². The molecule has 0 aliphatic heterocycles. The van der Waals surface area contributed by atoms with E-state index in [0.717, 1.165) is 17.9 Å². The van der Waals surface area contributed by atoms with Crippen LogP contribution in [0.3, 0.4) is 0 Å². The van der Waals surface area contributed by atoms with Gasteiger partial charge in [0.2, 0.25) is 0 Å². The molecule has 3 nitrogen and oxygen atoms in total. The van der Waals surface area contributed by atoms with Crippen LogP contribution in [-0.2, 0) is 6.54 Å². The van der Waals surface area contributed by atoms with Gasteiger partial charge in [-0.3, -0.25) is 0 Å². The van der Waals surface area contributed by atoms with E-state index in [9.17, 15) is 5.11 Å². The van der Waals surface area contributed by atoms with Crippen molar-refractivity contribution in [3.05, 3.63) is 28.8 Å². The molecule has 0 saturated heterocycles. The number of rotatable bonds is 7. The van der Waals surface area contributed by atoms with Gasteiger partial charge in [-0.2, -0.15) is 0 Å². The molecule has 96 valence electrons. The number of ether oxygens (including phenoxy) is 1. The minimum Gasteiger partial charge on any atom is -0.491 e. The molecule has 1 aromatic rings. The molecular weight excluding hydrogens is 238 g/mol. The number of aliphatic hydroxyl groups excluding tert-OH is 1. The first-order valence-electron chi connectivity index (χ1n) is 5.98. The molecule has 0 aliphatic carbocycles. The monoisotopic (exact) mass is 257 g/mol. The van der Waals surface area contributed by atoms with Gasteiger partial charge in [-0.05, 0) is 25.1 Å². The fourth-order valence-corrected chi connectivity index (χ4v) is 1.63. The summed E-state index contributed by atoms with van der Waals surface area (Å²) in [5, 5.41) is 13.4. The van der Waals surface area contributed by atoms with E-state index in [1.54, 1.807) is 0 Å². The molecule has 2 N–H and O–H groups in total. The highest BCUT2D eigenvalue weighted by Crippen LogP contribution is 2.26. The first-order valence-corrected chi connectivity index (χ1v) is 6.35. The van der Waals surface area contributed by atoms with Crippen LogP contribution in [0.25, 0.3) is 0 Å². The summed E-state index contributed by atoms with van der Waals surface area (Å²) >= 11 is 6.13. The molecule has 4 heteroatoms. The fraction of sp³-hybridized carbons (Fsp3) is 0.538. The summed E-state index contributed by atoms with van der Waals surface area (Å²) in [6.45, 7) is 5.82. The second-order valence-corrected chi connectivity index (χ2v) is 4.28. The number of hydrogen-bond acceptors (Lipinski definition) is 3. The molecule has 0 heterocycles. The molecule has 0 spiro atoms. The topological polar surface area (TPSA) is 41.5 Å². The van der Waals surface area contributed by atoms with E-state index in [2.05, 4.69) is 5.32 Å². The molecule has 0 aliphatic rings. The molecule has 0 radical (unpaired) electrons. The minimum absolute atomic E-state index is 0.302. The summed E-state index contributed by atoms with van der Waals surface area (Å²) in [6.07, 6.45) is 0.254. The first kappa shape index (κ1) is 14.3. The van der Waals surface area contributed by atoms with Gasteiger partial charge in [0, 0.05) is 17.1 Å². The summed E-state index contributed by atoms with van der Waals surface area (Å²) in [5.74, 6) is 0.742. The summed E-state index contributed by atoms with van der Waals surface area (Å²) in [4.78, 5) is 0. The van der Waals surface area contributed by atoms with E-state index in [1.165, 1.54) is 0 Å². The maximum absolute atomic E-state index is 9.48. The molecule has 17 heavy (non-hydrogen) atoms. The summed E-state index contributed by atoms with van der Waals surface area (Å²) < 4.78 is 5.59. The predicted molar refractivity (Wildman–Crippen MR) is 70.6 cm³/mol. The number of halogens is 1. The third-order valence-electron chi connectivity index (χ3n) is 2.53. The zero-order valence-electron chi connectivity index (χ0n) is 10.4. The first-order chi connectivity index (χ1) is 8.19. The molecule has 1 aromatic carbocycles. The Kier molecular flexibility index (Phi) is 6.34. The second-order valence-electron chi connectivity index (χ2n) is 3.87. The SMILES string of the molecule is CCNCc1c(Cl)cccc1OCC(O)CC. The van der Waals surface area contributed by atoms with Gasteiger partial charge in [0.25, 0.3) is 0 Å². The van der Waals surface area contributed by atoms with Gasteiger partial charge < -0.3 is 15.2 Å². The number of hydrogen-bond donors (Lipinski definition) is 2. The lowest BCUT2D eigenvalue weighted by Gasteiger charge is -2.15. The Morgan fingerprint density at radius 2 is 2.18 bits per heavy atom. The van der Waals surface area contributed by atoms with E-state index in [-0.39, 0.29) is 0 Å². The summed E-state index contributed by atoms with van der Waals surface area (Å²) in [7, 11) is 0. The van der Waals surface area contributed by atoms with Crippen molar-refractivity contribution in [2.75, 3.05) is 13.2 Å². The minimum atomic E-state index is -0.430. The van der Waals surface area contributed by atoms with Crippen molar-refractivity contribution >= 4 is 11.6 Å². The maximum Gasteiger partial charge on any atom is 0.125 e. The van der Waals surface area contributed by atoms with E-state index >= 15 is 0 Å². The van der Waals surface area contributed by atoms with E-state index in [1.807, 2.05) is 32.0 Å². The number of nitrogens with one attached hydrogen (secondary N) is 1. The van der Waals surface area contributed by atoms with Crippen molar-refractivity contribution in [1.82, 2.24) is 5.32 Å². The van der Waals surface area contributed by atoms with Gasteiger partial charge in [-0.15, -0.1) is 0 Å². The molecule has 0 saturated carbocycles. The van der Waals surface area contributed by atoms with Gasteiger partial charge in [-0.1, -0.05) is 31.5 Å². The van der Waals surface area contributed by atoms with Gasteiger partial charge in [0.15, 0.2) is 0 Å². The molecule has 0 bridgehead atoms. The lowest BCUT2D eigenvalue weighted by molar-refractivity contribution is 0.104. The Labute approximate surface area is 108 Å². The van der Waals surface area contributed by atoms with Crippen LogP contribution in [-0.4, -0.2) is 24.4 Å². The van der Waals surface area contributed by atoms with Crippen LogP contribution in [0.4, 0.5) is 0 Å². The number of aliphatic hydroxyl groups is 1. The third-order valence-corrected chi connectivity index (χ3v) is 2.88. The molecule has 0 fully saturated rings. The lowest BCUT2D eigenvalue weighted by Crippen LogP contribution is -2.18. The smallest absolute Gasteiger partial charge is 0.125 e. The van der Waals surface area contributed by atoms with Crippen molar-refractivity contribution < 1.29 is 9.84 Å². The molecule has 1 rings (SSSR count). The van der Waals surface area contributed by atoms with E-state index in [0.29, 0.717) is 24.6 Å². The van der Waals surface area contributed by atoms with Gasteiger partial charge >= 0.3 is 0 Å². The molecular formula is C13H20ClNO2. The standard InChI is InChI=1S/C13H20ClNO2/c1-3-10(16)9-17-13-7-5-6-12(14)11(13)8-15-4-2/h5-7,10,15-16H,3-4,8-9H2,1-2H3. The van der Waals surface area contributed by atoms with E-state index < -0.39 is 6.10 Å². The zero-order chi connectivity index (χ0) is 12.7. The van der Waals surface area contributed by atoms with Crippen LogP contribution in [0.2, 0.25) is 5.02 Å². The van der Waals surface area contributed by atoms with Crippen LogP contribution in [0.5, 0.6) is 5.75 Å². The quantitative estimate of drug-likeness (QED) is 0.789. The van der Waals surface area contributed by atoms with Crippen LogP contribution in [0.15, 0.2) is 18.2 Å². The Hall–Kier alpha value is -0.770. The Balaban J connectivity index is 2.72. The Morgan fingerprint density at radius 3 is 2.82 bits per heavy atom. The molecule has 0 amide bonds. The lowest BCUT2D eigenvalue weighted by atomic mass is 10.2. The van der Waals surface area contributed by atoms with Crippen LogP contribution in [0, 0.1) is 0 Å². The average molecular weight is 258 g/mol. The fourth-order valence-electron chi connectivity index (χ4n) is 1.40. The average Bonchev–Trinajstić information content (AvgIpc) is 2.34. The highest BCUT2D eigenvalue weighted by molar-refractivity contribution is 6.31. The largest absolute Gasteiger partial charge is 0.491 e. The molecule has 1 unspecified atom stereocenters. The van der Waals surface area contributed by atoms with Crippen LogP contribution < -0.4 is 10.1 Å². The van der Waals surface area contributed by atoms with Gasteiger partial charge in [0.05, 0.1) is 6.10 Å². The van der Waals surface area contributed by atoms with Crippen molar-refractivity contribution in [3.8, 4) is 5.75 Å². The van der Waals surface area contributed by atoms with Crippen LogP contribution in [0.1, 0.15) is 25.8 Å². The van der Waals surface area contributed by atoms with Crippen molar-refractivity contribution in [2.45, 2.75) is 32.9 Å². The highest BCUT2D eigenvalue weighted by Gasteiger charge is 2.09. The molecule has 0 aromatic heterocycles. The van der Waals surface area contributed by atoms with E-state index in [4.69, 9.17) is 16.3 Å². The second kappa shape index (κ2) is 7.54.